The van der Waals surface area contributed by atoms with Crippen LogP contribution in [0.4, 0.5) is 0 Å². The molecule has 0 saturated carbocycles. The van der Waals surface area contributed by atoms with E-state index in [1.54, 1.807) is 0 Å². The van der Waals surface area contributed by atoms with E-state index in [-0.39, 0.29) is 0 Å². The molecule has 0 amide bonds. The fourth-order valence-corrected chi connectivity index (χ4v) is 3.36. The molecular formula is C24H32N8. The number of H-pyrrole nitrogens is 1. The summed E-state index contributed by atoms with van der Waals surface area (Å²) in [6.07, 6.45) is 12.0. The Morgan fingerprint density at radius 3 is 2.62 bits per heavy atom. The summed E-state index contributed by atoms with van der Waals surface area (Å²) in [7, 11) is 0. The minimum Gasteiger partial charge on any atom is -0.398 e. The van der Waals surface area contributed by atoms with Gasteiger partial charge in [-0.05, 0) is 29.7 Å². The van der Waals surface area contributed by atoms with Crippen molar-refractivity contribution in [2.75, 3.05) is 0 Å². The molecule has 0 bridgehead atoms. The highest BCUT2D eigenvalue weighted by atomic mass is 15.5. The van der Waals surface area contributed by atoms with Gasteiger partial charge in [0.05, 0.1) is 6.54 Å². The minimum atomic E-state index is 0.507. The van der Waals surface area contributed by atoms with Gasteiger partial charge in [0.15, 0.2) is 5.82 Å². The Bertz CT molecular complexity index is 1060. The Labute approximate surface area is 189 Å². The van der Waals surface area contributed by atoms with Gasteiger partial charge < -0.3 is 5.73 Å². The van der Waals surface area contributed by atoms with Crippen molar-refractivity contribution in [3.63, 3.8) is 0 Å². The van der Waals surface area contributed by atoms with Crippen LogP contribution < -0.4 is 5.73 Å². The number of aryl methyl sites for hydroxylation is 2. The number of aromatic nitrogens is 7. The molecule has 3 N–H and O–H groups in total. The first kappa shape index (κ1) is 23.1. The van der Waals surface area contributed by atoms with Crippen molar-refractivity contribution in [3.8, 4) is 11.4 Å². The smallest absolute Gasteiger partial charge is 0.205 e. The molecule has 3 aromatic rings. The van der Waals surface area contributed by atoms with Gasteiger partial charge in [0.2, 0.25) is 5.82 Å². The maximum Gasteiger partial charge on any atom is 0.205 e. The minimum absolute atomic E-state index is 0.507. The zero-order chi connectivity index (χ0) is 22.8. The molecule has 32 heavy (non-hydrogen) atoms. The summed E-state index contributed by atoms with van der Waals surface area (Å²) in [5.74, 6) is 2.46. The van der Waals surface area contributed by atoms with E-state index < -0.39 is 0 Å². The first-order valence-corrected chi connectivity index (χ1v) is 11.2. The maximum absolute atomic E-state index is 6.41. The third kappa shape index (κ3) is 6.00. The van der Waals surface area contributed by atoms with Gasteiger partial charge in [-0.2, -0.15) is 10.3 Å². The average molecular weight is 433 g/mol. The van der Waals surface area contributed by atoms with Crippen molar-refractivity contribution >= 4 is 5.70 Å². The zero-order valence-corrected chi connectivity index (χ0v) is 19.0. The quantitative estimate of drug-likeness (QED) is 0.414. The van der Waals surface area contributed by atoms with Gasteiger partial charge >= 0.3 is 0 Å². The summed E-state index contributed by atoms with van der Waals surface area (Å²) in [5, 5.41) is 19.0. The van der Waals surface area contributed by atoms with Crippen molar-refractivity contribution in [2.24, 2.45) is 5.73 Å². The molecule has 3 rings (SSSR count). The summed E-state index contributed by atoms with van der Waals surface area (Å²) in [6, 6.07) is 7.72. The number of unbranched alkanes of at least 4 members (excludes halogenated alkanes) is 2. The number of aromatic amines is 1. The Morgan fingerprint density at radius 1 is 1.12 bits per heavy atom. The first-order chi connectivity index (χ1) is 15.7. The predicted octanol–water partition coefficient (Wildman–Crippen LogP) is 4.26. The number of nitrogens with zero attached hydrogens (tertiary/aromatic N) is 6. The maximum atomic E-state index is 6.41. The van der Waals surface area contributed by atoms with Gasteiger partial charge in [-0.25, -0.2) is 9.67 Å². The van der Waals surface area contributed by atoms with Gasteiger partial charge in [-0.1, -0.05) is 69.7 Å². The Hall–Kier alpha value is -3.55. The molecule has 0 unspecified atom stereocenters. The van der Waals surface area contributed by atoms with Crippen LogP contribution >= 0.6 is 0 Å². The zero-order valence-electron chi connectivity index (χ0n) is 19.0. The number of hydrogen-bond acceptors (Lipinski definition) is 6. The van der Waals surface area contributed by atoms with Crippen LogP contribution in [0.15, 0.2) is 54.6 Å². The fourth-order valence-electron chi connectivity index (χ4n) is 3.36. The number of tetrazole rings is 1. The van der Waals surface area contributed by atoms with Crippen molar-refractivity contribution in [1.29, 1.82) is 0 Å². The topological polar surface area (TPSA) is 111 Å². The van der Waals surface area contributed by atoms with Crippen LogP contribution in [0.3, 0.4) is 0 Å². The second-order valence-corrected chi connectivity index (χ2v) is 7.66. The predicted molar refractivity (Wildman–Crippen MR) is 127 cm³/mol. The van der Waals surface area contributed by atoms with Gasteiger partial charge in [0, 0.05) is 29.7 Å². The average Bonchev–Trinajstić information content (AvgIpc) is 3.49. The lowest BCUT2D eigenvalue weighted by Gasteiger charge is -2.08. The largest absolute Gasteiger partial charge is 0.398 e. The standard InChI is InChI=1S/C24H32N8/c1-4-7-13-22-26-23(14-8-5-2)32(29-22)17-18(6-3)15-16-21(25)19-11-9-10-12-20(19)24-27-30-31-28-24/h6,9-12,15-16H,3-5,7-8,13-14,17,25H2,1-2H3,(H,27,28,30,31)/b18-15+,21-16-. The van der Waals surface area contributed by atoms with Crippen molar-refractivity contribution in [2.45, 2.75) is 58.9 Å². The molecule has 0 radical (unpaired) electrons. The van der Waals surface area contributed by atoms with Crippen molar-refractivity contribution in [3.05, 3.63) is 71.9 Å². The van der Waals surface area contributed by atoms with Gasteiger partial charge in [0.1, 0.15) is 5.82 Å². The Kier molecular flexibility index (Phi) is 8.48. The monoisotopic (exact) mass is 432 g/mol. The SMILES string of the molecule is C=C/C(=C\C=C(/N)c1ccccc1-c1nn[nH]n1)Cn1nc(CCCC)nc1CCCC. The van der Waals surface area contributed by atoms with Crippen LogP contribution in [-0.2, 0) is 19.4 Å². The molecule has 0 spiro atoms. The molecule has 0 aliphatic carbocycles. The molecule has 0 fully saturated rings. The highest BCUT2D eigenvalue weighted by molar-refractivity contribution is 5.77. The Balaban J connectivity index is 1.83. The van der Waals surface area contributed by atoms with Crippen molar-refractivity contribution < 1.29 is 0 Å². The third-order valence-electron chi connectivity index (χ3n) is 5.20. The lowest BCUT2D eigenvalue weighted by Crippen LogP contribution is -2.07. The molecule has 8 heteroatoms. The molecule has 0 aliphatic rings. The molecule has 2 aromatic heterocycles. The number of rotatable bonds is 12. The fraction of sp³-hybridized carbons (Fsp3) is 0.375. The van der Waals surface area contributed by atoms with E-state index in [1.807, 2.05) is 47.2 Å². The highest BCUT2D eigenvalue weighted by Gasteiger charge is 2.12. The molecule has 1 aromatic carbocycles. The molecule has 0 atom stereocenters. The van der Waals surface area contributed by atoms with Crippen LogP contribution in [0.5, 0.6) is 0 Å². The summed E-state index contributed by atoms with van der Waals surface area (Å²) in [4.78, 5) is 4.78. The van der Waals surface area contributed by atoms with Crippen molar-refractivity contribution in [1.82, 2.24) is 35.4 Å². The van der Waals surface area contributed by atoms with E-state index in [4.69, 9.17) is 15.8 Å². The summed E-state index contributed by atoms with van der Waals surface area (Å²) < 4.78 is 2.01. The summed E-state index contributed by atoms with van der Waals surface area (Å²) >= 11 is 0. The summed E-state index contributed by atoms with van der Waals surface area (Å²) in [5.41, 5.74) is 9.70. The molecule has 0 saturated heterocycles. The first-order valence-electron chi connectivity index (χ1n) is 11.2. The number of nitrogens with two attached hydrogens (primary N) is 1. The van der Waals surface area contributed by atoms with Crippen LogP contribution in [-0.4, -0.2) is 35.4 Å². The second kappa shape index (κ2) is 11.7. The molecule has 0 aliphatic heterocycles. The van der Waals surface area contributed by atoms with E-state index >= 15 is 0 Å². The number of allylic oxidation sites excluding steroid dienone is 4. The number of benzene rings is 1. The lowest BCUT2D eigenvalue weighted by molar-refractivity contribution is 0.611. The molecular weight excluding hydrogens is 400 g/mol. The van der Waals surface area contributed by atoms with Gasteiger partial charge in [-0.15, -0.1) is 10.2 Å². The molecule has 8 nitrogen and oxygen atoms in total. The summed E-state index contributed by atoms with van der Waals surface area (Å²) in [6.45, 7) is 8.96. The highest BCUT2D eigenvalue weighted by Crippen LogP contribution is 2.23. The van der Waals surface area contributed by atoms with Gasteiger partial charge in [-0.3, -0.25) is 0 Å². The Morgan fingerprint density at radius 2 is 1.91 bits per heavy atom. The third-order valence-corrected chi connectivity index (χ3v) is 5.20. The van der Waals surface area contributed by atoms with E-state index in [9.17, 15) is 0 Å². The van der Waals surface area contributed by atoms with E-state index in [1.165, 1.54) is 0 Å². The van der Waals surface area contributed by atoms with Gasteiger partial charge in [0.25, 0.3) is 0 Å². The molecule has 2 heterocycles. The normalized spacial score (nSPS) is 12.3. The van der Waals surface area contributed by atoms with Crippen LogP contribution in [0.2, 0.25) is 0 Å². The van der Waals surface area contributed by atoms with E-state index in [2.05, 4.69) is 41.1 Å². The van der Waals surface area contributed by atoms with Crippen LogP contribution in [0.1, 0.15) is 56.7 Å². The lowest BCUT2D eigenvalue weighted by atomic mass is 10.0. The number of hydrogen-bond donors (Lipinski definition) is 2. The number of nitrogens with one attached hydrogen (secondary N) is 1. The van der Waals surface area contributed by atoms with E-state index in [0.29, 0.717) is 18.1 Å². The second-order valence-electron chi connectivity index (χ2n) is 7.66. The van der Waals surface area contributed by atoms with Crippen LogP contribution in [0.25, 0.3) is 17.1 Å². The van der Waals surface area contributed by atoms with E-state index in [0.717, 1.165) is 66.9 Å². The van der Waals surface area contributed by atoms with Crippen LogP contribution in [0, 0.1) is 0 Å². The molecule has 168 valence electrons.